The zero-order chi connectivity index (χ0) is 8.55. The van der Waals surface area contributed by atoms with Crippen molar-refractivity contribution in [2.45, 2.75) is 32.7 Å². The van der Waals surface area contributed by atoms with Crippen LogP contribution in [-0.4, -0.2) is 9.78 Å². The SMILES string of the molecule is Cc1cc(N)n(CC2CCC2)n1. The van der Waals surface area contributed by atoms with E-state index in [2.05, 4.69) is 5.10 Å². The van der Waals surface area contributed by atoms with Gasteiger partial charge in [-0.2, -0.15) is 5.10 Å². The predicted octanol–water partition coefficient (Wildman–Crippen LogP) is 1.57. The Morgan fingerprint density at radius 2 is 2.42 bits per heavy atom. The molecule has 2 rings (SSSR count). The molecule has 12 heavy (non-hydrogen) atoms. The van der Waals surface area contributed by atoms with E-state index in [0.717, 1.165) is 24.0 Å². The number of aromatic nitrogens is 2. The largest absolute Gasteiger partial charge is 0.384 e. The minimum atomic E-state index is 0.805. The van der Waals surface area contributed by atoms with Gasteiger partial charge in [0.2, 0.25) is 0 Å². The van der Waals surface area contributed by atoms with Crippen LogP contribution in [0.4, 0.5) is 5.82 Å². The maximum Gasteiger partial charge on any atom is 0.121 e. The summed E-state index contributed by atoms with van der Waals surface area (Å²) in [5.41, 5.74) is 6.79. The molecule has 0 atom stereocenters. The molecule has 3 nitrogen and oxygen atoms in total. The smallest absolute Gasteiger partial charge is 0.121 e. The summed E-state index contributed by atoms with van der Waals surface area (Å²) in [4.78, 5) is 0. The average molecular weight is 165 g/mol. The monoisotopic (exact) mass is 165 g/mol. The Morgan fingerprint density at radius 3 is 2.83 bits per heavy atom. The fraction of sp³-hybridized carbons (Fsp3) is 0.667. The minimum absolute atomic E-state index is 0.805. The molecule has 0 aromatic carbocycles. The first-order valence-electron chi connectivity index (χ1n) is 4.55. The number of anilines is 1. The first-order valence-corrected chi connectivity index (χ1v) is 4.55. The normalized spacial score (nSPS) is 17.8. The Bertz CT molecular complexity index is 273. The predicted molar refractivity (Wildman–Crippen MR) is 48.7 cm³/mol. The molecule has 1 fully saturated rings. The van der Waals surface area contributed by atoms with E-state index in [9.17, 15) is 0 Å². The number of hydrogen-bond donors (Lipinski definition) is 1. The highest BCUT2D eigenvalue weighted by atomic mass is 15.3. The molecule has 1 saturated carbocycles. The molecule has 2 N–H and O–H groups in total. The van der Waals surface area contributed by atoms with Crippen molar-refractivity contribution >= 4 is 5.82 Å². The van der Waals surface area contributed by atoms with Crippen LogP contribution in [0.25, 0.3) is 0 Å². The van der Waals surface area contributed by atoms with Crippen molar-refractivity contribution in [1.82, 2.24) is 9.78 Å². The van der Waals surface area contributed by atoms with Gasteiger partial charge < -0.3 is 5.73 Å². The Labute approximate surface area is 72.6 Å². The molecule has 66 valence electrons. The fourth-order valence-corrected chi connectivity index (χ4v) is 1.63. The molecule has 0 unspecified atom stereocenters. The van der Waals surface area contributed by atoms with E-state index in [1.54, 1.807) is 0 Å². The lowest BCUT2D eigenvalue weighted by molar-refractivity contribution is 0.268. The lowest BCUT2D eigenvalue weighted by Gasteiger charge is -2.25. The number of hydrogen-bond acceptors (Lipinski definition) is 2. The molecule has 0 aliphatic heterocycles. The van der Waals surface area contributed by atoms with Crippen molar-refractivity contribution in [2.24, 2.45) is 5.92 Å². The third-order valence-corrected chi connectivity index (χ3v) is 2.59. The number of nitrogen functional groups attached to an aromatic ring is 1. The van der Waals surface area contributed by atoms with E-state index in [1.165, 1.54) is 19.3 Å². The number of nitrogens with two attached hydrogens (primary N) is 1. The Balaban J connectivity index is 2.05. The standard InChI is InChI=1S/C9H15N3/c1-7-5-9(10)12(11-7)6-8-3-2-4-8/h5,8H,2-4,6,10H2,1H3. The van der Waals surface area contributed by atoms with Crippen LogP contribution in [0.2, 0.25) is 0 Å². The number of nitrogens with zero attached hydrogens (tertiary/aromatic N) is 2. The molecule has 3 heteroatoms. The molecule has 1 heterocycles. The molecular weight excluding hydrogens is 150 g/mol. The number of rotatable bonds is 2. The van der Waals surface area contributed by atoms with Crippen LogP contribution in [0.5, 0.6) is 0 Å². The lowest BCUT2D eigenvalue weighted by Crippen LogP contribution is -2.19. The van der Waals surface area contributed by atoms with Gasteiger partial charge in [0.15, 0.2) is 0 Å². The van der Waals surface area contributed by atoms with E-state index in [4.69, 9.17) is 5.73 Å². The average Bonchev–Trinajstić information content (AvgIpc) is 2.21. The van der Waals surface area contributed by atoms with Gasteiger partial charge in [-0.25, -0.2) is 4.68 Å². The zero-order valence-electron chi connectivity index (χ0n) is 7.45. The molecular formula is C9H15N3. The van der Waals surface area contributed by atoms with Gasteiger partial charge in [-0.15, -0.1) is 0 Å². The summed E-state index contributed by atoms with van der Waals surface area (Å²) in [6, 6.07) is 1.93. The van der Waals surface area contributed by atoms with Crippen molar-refractivity contribution in [3.63, 3.8) is 0 Å². The topological polar surface area (TPSA) is 43.8 Å². The van der Waals surface area contributed by atoms with Gasteiger partial charge in [0.25, 0.3) is 0 Å². The summed E-state index contributed by atoms with van der Waals surface area (Å²) in [7, 11) is 0. The third kappa shape index (κ3) is 1.31. The second-order valence-electron chi connectivity index (χ2n) is 3.69. The molecule has 0 spiro atoms. The summed E-state index contributed by atoms with van der Waals surface area (Å²) < 4.78 is 1.93. The van der Waals surface area contributed by atoms with Gasteiger partial charge >= 0.3 is 0 Å². The van der Waals surface area contributed by atoms with Gasteiger partial charge in [-0.05, 0) is 25.7 Å². The maximum atomic E-state index is 5.77. The first kappa shape index (κ1) is 7.65. The van der Waals surface area contributed by atoms with Gasteiger partial charge in [0.05, 0.1) is 5.69 Å². The first-order chi connectivity index (χ1) is 5.75. The van der Waals surface area contributed by atoms with E-state index >= 15 is 0 Å². The lowest BCUT2D eigenvalue weighted by atomic mass is 9.85. The van der Waals surface area contributed by atoms with Crippen molar-refractivity contribution in [2.75, 3.05) is 5.73 Å². The Kier molecular flexibility index (Phi) is 1.79. The molecule has 1 aliphatic rings. The Morgan fingerprint density at radius 1 is 1.67 bits per heavy atom. The van der Waals surface area contributed by atoms with Crippen LogP contribution < -0.4 is 5.73 Å². The van der Waals surface area contributed by atoms with E-state index < -0.39 is 0 Å². The van der Waals surface area contributed by atoms with E-state index in [0.29, 0.717) is 0 Å². The molecule has 0 amide bonds. The van der Waals surface area contributed by atoms with Crippen LogP contribution in [0.1, 0.15) is 25.0 Å². The quantitative estimate of drug-likeness (QED) is 0.723. The summed E-state index contributed by atoms with van der Waals surface area (Å²) >= 11 is 0. The van der Waals surface area contributed by atoms with Crippen molar-refractivity contribution in [3.8, 4) is 0 Å². The third-order valence-electron chi connectivity index (χ3n) is 2.59. The second-order valence-corrected chi connectivity index (χ2v) is 3.69. The molecule has 0 radical (unpaired) electrons. The fourth-order valence-electron chi connectivity index (χ4n) is 1.63. The van der Waals surface area contributed by atoms with Crippen LogP contribution >= 0.6 is 0 Å². The van der Waals surface area contributed by atoms with Crippen LogP contribution in [-0.2, 0) is 6.54 Å². The van der Waals surface area contributed by atoms with Crippen LogP contribution in [0, 0.1) is 12.8 Å². The zero-order valence-corrected chi connectivity index (χ0v) is 7.45. The second kappa shape index (κ2) is 2.81. The van der Waals surface area contributed by atoms with Crippen molar-refractivity contribution in [1.29, 1.82) is 0 Å². The number of aryl methyl sites for hydroxylation is 1. The van der Waals surface area contributed by atoms with Crippen LogP contribution in [0.3, 0.4) is 0 Å². The van der Waals surface area contributed by atoms with E-state index in [-0.39, 0.29) is 0 Å². The van der Waals surface area contributed by atoms with Crippen LogP contribution in [0.15, 0.2) is 6.07 Å². The van der Waals surface area contributed by atoms with Crippen molar-refractivity contribution < 1.29 is 0 Å². The highest BCUT2D eigenvalue weighted by molar-refractivity contribution is 5.30. The highest BCUT2D eigenvalue weighted by Gasteiger charge is 2.18. The molecule has 1 aliphatic carbocycles. The molecule has 1 aromatic rings. The summed E-state index contributed by atoms with van der Waals surface area (Å²) in [6.07, 6.45) is 4.07. The van der Waals surface area contributed by atoms with Gasteiger partial charge in [0.1, 0.15) is 5.82 Å². The summed E-state index contributed by atoms with van der Waals surface area (Å²) in [6.45, 7) is 2.99. The van der Waals surface area contributed by atoms with E-state index in [1.807, 2.05) is 17.7 Å². The van der Waals surface area contributed by atoms with Gasteiger partial charge in [0, 0.05) is 12.6 Å². The highest BCUT2D eigenvalue weighted by Crippen LogP contribution is 2.28. The van der Waals surface area contributed by atoms with Gasteiger partial charge in [-0.1, -0.05) is 6.42 Å². The van der Waals surface area contributed by atoms with Crippen molar-refractivity contribution in [3.05, 3.63) is 11.8 Å². The summed E-state index contributed by atoms with van der Waals surface area (Å²) in [5.74, 6) is 1.63. The maximum absolute atomic E-state index is 5.77. The molecule has 0 saturated heterocycles. The molecule has 1 aromatic heterocycles. The minimum Gasteiger partial charge on any atom is -0.384 e. The summed E-state index contributed by atoms with van der Waals surface area (Å²) in [5, 5.41) is 4.32. The van der Waals surface area contributed by atoms with Gasteiger partial charge in [-0.3, -0.25) is 0 Å². The molecule has 0 bridgehead atoms. The Hall–Kier alpha value is -0.990.